The maximum absolute atomic E-state index is 13.1. The van der Waals surface area contributed by atoms with Crippen LogP contribution in [0.4, 0.5) is 10.1 Å². The zero-order chi connectivity index (χ0) is 15.7. The Labute approximate surface area is 121 Å². The van der Waals surface area contributed by atoms with Crippen molar-refractivity contribution in [1.82, 2.24) is 5.32 Å². The third-order valence-electron chi connectivity index (χ3n) is 2.58. The van der Waals surface area contributed by atoms with Gasteiger partial charge in [-0.05, 0) is 18.6 Å². The summed E-state index contributed by atoms with van der Waals surface area (Å²) in [4.78, 5) is 21.9. The van der Waals surface area contributed by atoms with Gasteiger partial charge in [0, 0.05) is 26.3 Å². The molecular weight excluding hydrogens is 283 g/mol. The van der Waals surface area contributed by atoms with E-state index in [0.29, 0.717) is 26.2 Å². The molecule has 0 spiro atoms. The fourth-order valence-corrected chi connectivity index (χ4v) is 1.57. The molecule has 0 fully saturated rings. The summed E-state index contributed by atoms with van der Waals surface area (Å²) in [7, 11) is 1.56. The molecule has 8 heteroatoms. The Bertz CT molecular complexity index is 495. The first-order valence-corrected chi connectivity index (χ1v) is 6.35. The lowest BCUT2D eigenvalue weighted by Crippen LogP contribution is -2.26. The van der Waals surface area contributed by atoms with Crippen molar-refractivity contribution in [1.29, 1.82) is 0 Å². The van der Waals surface area contributed by atoms with Crippen molar-refractivity contribution in [2.75, 3.05) is 33.5 Å². The second-order valence-electron chi connectivity index (χ2n) is 4.13. The molecule has 0 saturated heterocycles. The summed E-state index contributed by atoms with van der Waals surface area (Å²) in [6, 6.07) is 2.76. The number of halogens is 1. The molecule has 0 aliphatic carbocycles. The van der Waals surface area contributed by atoms with Crippen LogP contribution >= 0.6 is 0 Å². The zero-order valence-corrected chi connectivity index (χ0v) is 11.6. The minimum absolute atomic E-state index is 0.277. The third-order valence-corrected chi connectivity index (χ3v) is 2.58. The number of nitro benzene ring substituents is 1. The van der Waals surface area contributed by atoms with Gasteiger partial charge in [0.15, 0.2) is 0 Å². The normalized spacial score (nSPS) is 10.4. The first kappa shape index (κ1) is 17.0. The second-order valence-corrected chi connectivity index (χ2v) is 4.13. The number of nitro groups is 1. The predicted octanol–water partition coefficient (Wildman–Crippen LogP) is 1.52. The average Bonchev–Trinajstić information content (AvgIpc) is 2.45. The van der Waals surface area contributed by atoms with Gasteiger partial charge < -0.3 is 14.8 Å². The van der Waals surface area contributed by atoms with Crippen LogP contribution in [0, 0.1) is 15.9 Å². The highest BCUT2D eigenvalue weighted by Crippen LogP contribution is 2.19. The number of amides is 1. The zero-order valence-electron chi connectivity index (χ0n) is 11.6. The molecule has 0 unspecified atom stereocenters. The third kappa shape index (κ3) is 5.84. The maximum Gasteiger partial charge on any atom is 0.282 e. The lowest BCUT2D eigenvalue weighted by Gasteiger charge is -2.06. The van der Waals surface area contributed by atoms with E-state index in [9.17, 15) is 19.3 Å². The molecule has 116 valence electrons. The Morgan fingerprint density at radius 2 is 2.14 bits per heavy atom. The number of nitrogens with zero attached hydrogens (tertiary/aromatic N) is 1. The van der Waals surface area contributed by atoms with E-state index in [-0.39, 0.29) is 12.1 Å². The minimum atomic E-state index is -0.720. The van der Waals surface area contributed by atoms with Gasteiger partial charge in [-0.3, -0.25) is 14.9 Å². The number of rotatable bonds is 9. The fourth-order valence-electron chi connectivity index (χ4n) is 1.57. The van der Waals surface area contributed by atoms with Gasteiger partial charge in [-0.2, -0.15) is 0 Å². The number of hydrogen-bond acceptors (Lipinski definition) is 5. The molecular formula is C13H17FN2O5. The van der Waals surface area contributed by atoms with Crippen LogP contribution in [0.2, 0.25) is 0 Å². The van der Waals surface area contributed by atoms with Gasteiger partial charge in [0.1, 0.15) is 11.4 Å². The Morgan fingerprint density at radius 3 is 2.81 bits per heavy atom. The van der Waals surface area contributed by atoms with Crippen LogP contribution in [0.1, 0.15) is 16.8 Å². The standard InChI is InChI=1S/C13H17FN2O5/c1-20-7-8-21-6-2-5-15-13(17)11-9-10(14)3-4-12(11)16(18)19/h3-4,9H,2,5-8H2,1H3,(H,15,17). The number of benzene rings is 1. The number of nitrogens with one attached hydrogen (secondary N) is 1. The number of carbonyl (C=O) groups is 1. The maximum atomic E-state index is 13.1. The van der Waals surface area contributed by atoms with Crippen LogP contribution < -0.4 is 5.32 Å². The topological polar surface area (TPSA) is 90.7 Å². The molecule has 1 aromatic carbocycles. The van der Waals surface area contributed by atoms with E-state index in [1.54, 1.807) is 7.11 Å². The average molecular weight is 300 g/mol. The molecule has 0 aliphatic heterocycles. The van der Waals surface area contributed by atoms with Gasteiger partial charge in [-0.1, -0.05) is 0 Å². The SMILES string of the molecule is COCCOCCCNC(=O)c1cc(F)ccc1[N+](=O)[O-]. The smallest absolute Gasteiger partial charge is 0.282 e. The monoisotopic (exact) mass is 300 g/mol. The van der Waals surface area contributed by atoms with E-state index < -0.39 is 22.3 Å². The molecule has 21 heavy (non-hydrogen) atoms. The lowest BCUT2D eigenvalue weighted by molar-refractivity contribution is -0.385. The predicted molar refractivity (Wildman–Crippen MR) is 72.7 cm³/mol. The molecule has 0 radical (unpaired) electrons. The first-order valence-electron chi connectivity index (χ1n) is 6.35. The minimum Gasteiger partial charge on any atom is -0.382 e. The Kier molecular flexibility index (Phi) is 7.27. The van der Waals surface area contributed by atoms with Crippen LogP contribution in [0.3, 0.4) is 0 Å². The first-order chi connectivity index (χ1) is 10.1. The molecule has 0 atom stereocenters. The van der Waals surface area contributed by atoms with Crippen molar-refractivity contribution >= 4 is 11.6 Å². The van der Waals surface area contributed by atoms with Gasteiger partial charge in [-0.25, -0.2) is 4.39 Å². The Balaban J connectivity index is 2.45. The van der Waals surface area contributed by atoms with Gasteiger partial charge in [-0.15, -0.1) is 0 Å². The van der Waals surface area contributed by atoms with Crippen molar-refractivity contribution in [2.24, 2.45) is 0 Å². The van der Waals surface area contributed by atoms with Gasteiger partial charge in [0.25, 0.3) is 11.6 Å². The number of carbonyl (C=O) groups excluding carboxylic acids is 1. The second kappa shape index (κ2) is 8.98. The van der Waals surface area contributed by atoms with Crippen LogP contribution in [0.15, 0.2) is 18.2 Å². The van der Waals surface area contributed by atoms with Crippen molar-refractivity contribution in [3.8, 4) is 0 Å². The van der Waals surface area contributed by atoms with Gasteiger partial charge in [0.2, 0.25) is 0 Å². The molecule has 1 aromatic rings. The van der Waals surface area contributed by atoms with Crippen molar-refractivity contribution in [3.63, 3.8) is 0 Å². The highest BCUT2D eigenvalue weighted by molar-refractivity contribution is 5.98. The van der Waals surface area contributed by atoms with E-state index in [1.165, 1.54) is 0 Å². The number of ether oxygens (including phenoxy) is 2. The van der Waals surface area contributed by atoms with Crippen molar-refractivity contribution in [3.05, 3.63) is 39.7 Å². The van der Waals surface area contributed by atoms with E-state index in [0.717, 1.165) is 18.2 Å². The van der Waals surface area contributed by atoms with Gasteiger partial charge >= 0.3 is 0 Å². The van der Waals surface area contributed by atoms with E-state index in [4.69, 9.17) is 9.47 Å². The summed E-state index contributed by atoms with van der Waals surface area (Å²) in [5, 5.41) is 13.3. The van der Waals surface area contributed by atoms with Crippen molar-refractivity contribution in [2.45, 2.75) is 6.42 Å². The number of methoxy groups -OCH3 is 1. The summed E-state index contributed by atoms with van der Waals surface area (Å²) in [6.07, 6.45) is 0.540. The van der Waals surface area contributed by atoms with Gasteiger partial charge in [0.05, 0.1) is 18.1 Å². The fraction of sp³-hybridized carbons (Fsp3) is 0.462. The van der Waals surface area contributed by atoms with E-state index >= 15 is 0 Å². The van der Waals surface area contributed by atoms with Crippen molar-refractivity contribution < 1.29 is 23.6 Å². The number of hydrogen-bond donors (Lipinski definition) is 1. The highest BCUT2D eigenvalue weighted by atomic mass is 19.1. The highest BCUT2D eigenvalue weighted by Gasteiger charge is 2.20. The Hall–Kier alpha value is -2.06. The summed E-state index contributed by atoms with van der Waals surface area (Å²) in [5.41, 5.74) is -0.717. The van der Waals surface area contributed by atoms with Crippen LogP contribution in [0.5, 0.6) is 0 Å². The molecule has 0 saturated carbocycles. The molecule has 0 aliphatic rings. The molecule has 1 amide bonds. The largest absolute Gasteiger partial charge is 0.382 e. The quantitative estimate of drug-likeness (QED) is 0.424. The Morgan fingerprint density at radius 1 is 1.38 bits per heavy atom. The van der Waals surface area contributed by atoms with E-state index in [1.807, 2.05) is 0 Å². The summed E-state index contributed by atoms with van der Waals surface area (Å²) >= 11 is 0. The molecule has 1 rings (SSSR count). The molecule has 0 aromatic heterocycles. The van der Waals surface area contributed by atoms with Crippen LogP contribution in [-0.2, 0) is 9.47 Å². The molecule has 1 N–H and O–H groups in total. The van der Waals surface area contributed by atoms with E-state index in [2.05, 4.69) is 5.32 Å². The molecule has 7 nitrogen and oxygen atoms in total. The summed E-state index contributed by atoms with van der Waals surface area (Å²) in [5.74, 6) is -1.38. The molecule has 0 bridgehead atoms. The molecule has 0 heterocycles. The summed E-state index contributed by atoms with van der Waals surface area (Å²) < 4.78 is 23.1. The lowest BCUT2D eigenvalue weighted by atomic mass is 10.1. The van der Waals surface area contributed by atoms with Crippen LogP contribution in [0.25, 0.3) is 0 Å². The summed E-state index contributed by atoms with van der Waals surface area (Å²) in [6.45, 7) is 1.65. The van der Waals surface area contributed by atoms with Crippen LogP contribution in [-0.4, -0.2) is 44.3 Å².